The molecule has 2 aromatic rings. The number of nitrogens with one attached hydrogen (secondary N) is 2. The molecule has 0 spiro atoms. The van der Waals surface area contributed by atoms with Crippen LogP contribution in [-0.2, 0) is 11.2 Å². The Hall–Kier alpha value is -2.96. The van der Waals surface area contributed by atoms with Crippen LogP contribution in [0, 0.1) is 0 Å². The number of carbonyl (C=O) groups excluding carboxylic acids is 1. The summed E-state index contributed by atoms with van der Waals surface area (Å²) in [5.41, 5.74) is 0.603. The van der Waals surface area contributed by atoms with Gasteiger partial charge in [0, 0.05) is 24.4 Å². The van der Waals surface area contributed by atoms with Crippen molar-refractivity contribution in [2.75, 3.05) is 6.61 Å². The molecule has 1 aromatic carbocycles. The van der Waals surface area contributed by atoms with Crippen LogP contribution >= 0.6 is 0 Å². The predicted molar refractivity (Wildman–Crippen MR) is 100.0 cm³/mol. The molecule has 0 saturated carbocycles. The summed E-state index contributed by atoms with van der Waals surface area (Å²) < 4.78 is 5.60. The van der Waals surface area contributed by atoms with Gasteiger partial charge in [-0.05, 0) is 32.4 Å². The summed E-state index contributed by atoms with van der Waals surface area (Å²) >= 11 is 0. The van der Waals surface area contributed by atoms with Crippen molar-refractivity contribution in [2.24, 2.45) is 0 Å². The number of aryl methyl sites for hydroxylation is 1. The van der Waals surface area contributed by atoms with Crippen LogP contribution in [0.3, 0.4) is 0 Å². The van der Waals surface area contributed by atoms with Gasteiger partial charge in [-0.2, -0.15) is 0 Å². The molecule has 0 aliphatic carbocycles. The average Bonchev–Trinajstić information content (AvgIpc) is 2.60. The molecule has 7 heteroatoms. The van der Waals surface area contributed by atoms with E-state index in [1.165, 1.54) is 0 Å². The molecule has 0 unspecified atom stereocenters. The van der Waals surface area contributed by atoms with Crippen LogP contribution in [0.2, 0.25) is 0 Å². The summed E-state index contributed by atoms with van der Waals surface area (Å²) in [6, 6.07) is 7.33. The largest absolute Gasteiger partial charge is 0.493 e. The number of rotatable bonds is 9. The van der Waals surface area contributed by atoms with Gasteiger partial charge in [0.2, 0.25) is 5.91 Å². The number of ether oxygens (including phenoxy) is 1. The summed E-state index contributed by atoms with van der Waals surface area (Å²) in [6.07, 6.45) is 2.97. The van der Waals surface area contributed by atoms with E-state index in [1.807, 2.05) is 32.0 Å². The minimum absolute atomic E-state index is 0.0650. The Balaban J connectivity index is 2.07. The predicted octanol–water partition coefficient (Wildman–Crippen LogP) is 2.24. The number of nitrogens with zero attached hydrogens (tertiary/aromatic N) is 2. The topological polar surface area (TPSA) is 97.0 Å². The number of H-pyrrole nitrogens is 1. The first-order valence-corrected chi connectivity index (χ1v) is 8.59. The minimum atomic E-state index is -0.342. The van der Waals surface area contributed by atoms with Gasteiger partial charge in [-0.25, -0.2) is 0 Å². The highest BCUT2D eigenvalue weighted by atomic mass is 16.5. The Morgan fingerprint density at radius 3 is 2.88 bits per heavy atom. The summed E-state index contributed by atoms with van der Waals surface area (Å²) in [5.74, 6) is 0.927. The summed E-state index contributed by atoms with van der Waals surface area (Å²) in [5, 5.41) is 10.8. The Kier molecular flexibility index (Phi) is 7.08. The smallest absolute Gasteiger partial charge is 0.273 e. The number of benzene rings is 1. The van der Waals surface area contributed by atoms with Gasteiger partial charge in [0.15, 0.2) is 5.82 Å². The van der Waals surface area contributed by atoms with Crippen molar-refractivity contribution in [2.45, 2.75) is 39.2 Å². The number of hydrogen-bond donors (Lipinski definition) is 2. The SMILES string of the molecule is C=CCCOc1cccc(-c2nnc(CCC(=O)NC(C)C)c(=O)[nH]2)c1. The standard InChI is InChI=1S/C19H24N4O3/c1-4-5-11-26-15-8-6-7-14(12-15)18-21-19(25)16(22-23-18)9-10-17(24)20-13(2)3/h4,6-8,12-13H,1,5,9-11H2,2-3H3,(H,20,24)(H,21,23,25). The lowest BCUT2D eigenvalue weighted by molar-refractivity contribution is -0.121. The average molecular weight is 356 g/mol. The van der Waals surface area contributed by atoms with E-state index >= 15 is 0 Å². The van der Waals surface area contributed by atoms with E-state index < -0.39 is 0 Å². The number of aromatic nitrogens is 3. The minimum Gasteiger partial charge on any atom is -0.493 e. The lowest BCUT2D eigenvalue weighted by Crippen LogP contribution is -2.31. The second-order valence-corrected chi connectivity index (χ2v) is 6.13. The molecule has 0 aliphatic heterocycles. The van der Waals surface area contributed by atoms with E-state index in [0.717, 1.165) is 6.42 Å². The third kappa shape index (κ3) is 5.84. The number of amides is 1. The van der Waals surface area contributed by atoms with Crippen LogP contribution in [0.15, 0.2) is 41.7 Å². The molecule has 0 fully saturated rings. The van der Waals surface area contributed by atoms with Gasteiger partial charge in [0.1, 0.15) is 11.4 Å². The first kappa shape index (κ1) is 19.4. The van der Waals surface area contributed by atoms with Crippen LogP contribution in [0.4, 0.5) is 0 Å². The molecule has 1 aromatic heterocycles. The normalized spacial score (nSPS) is 10.6. The molecule has 1 heterocycles. The number of aromatic amines is 1. The van der Waals surface area contributed by atoms with E-state index in [1.54, 1.807) is 12.1 Å². The fourth-order valence-electron chi connectivity index (χ4n) is 2.27. The molecule has 138 valence electrons. The second kappa shape index (κ2) is 9.50. The highest BCUT2D eigenvalue weighted by Gasteiger charge is 2.10. The van der Waals surface area contributed by atoms with Crippen molar-refractivity contribution < 1.29 is 9.53 Å². The Labute approximate surface area is 152 Å². The highest BCUT2D eigenvalue weighted by Crippen LogP contribution is 2.20. The van der Waals surface area contributed by atoms with Gasteiger partial charge in [-0.15, -0.1) is 16.8 Å². The summed E-state index contributed by atoms with van der Waals surface area (Å²) in [6.45, 7) is 7.95. The van der Waals surface area contributed by atoms with Crippen LogP contribution < -0.4 is 15.6 Å². The van der Waals surface area contributed by atoms with Crippen LogP contribution in [0.25, 0.3) is 11.4 Å². The molecule has 0 saturated heterocycles. The van der Waals surface area contributed by atoms with E-state index in [9.17, 15) is 9.59 Å². The van der Waals surface area contributed by atoms with Crippen molar-refractivity contribution >= 4 is 5.91 Å². The maximum absolute atomic E-state index is 12.2. The van der Waals surface area contributed by atoms with Crippen molar-refractivity contribution in [3.8, 4) is 17.1 Å². The lowest BCUT2D eigenvalue weighted by atomic mass is 10.2. The molecule has 0 aliphatic rings. The summed E-state index contributed by atoms with van der Waals surface area (Å²) in [7, 11) is 0. The van der Waals surface area contributed by atoms with Gasteiger partial charge in [0.05, 0.1) is 6.61 Å². The lowest BCUT2D eigenvalue weighted by Gasteiger charge is -2.08. The van der Waals surface area contributed by atoms with E-state index in [4.69, 9.17) is 4.74 Å². The molecule has 1 amide bonds. The molecule has 0 radical (unpaired) electrons. The summed E-state index contributed by atoms with van der Waals surface area (Å²) in [4.78, 5) is 26.6. The van der Waals surface area contributed by atoms with Gasteiger partial charge in [0.25, 0.3) is 5.56 Å². The van der Waals surface area contributed by atoms with Crippen LogP contribution in [-0.4, -0.2) is 33.7 Å². The molecule has 2 N–H and O–H groups in total. The maximum atomic E-state index is 12.2. The zero-order valence-electron chi connectivity index (χ0n) is 15.1. The molecule has 26 heavy (non-hydrogen) atoms. The molecule has 2 rings (SSSR count). The van der Waals surface area contributed by atoms with E-state index in [-0.39, 0.29) is 36.0 Å². The zero-order valence-corrected chi connectivity index (χ0v) is 15.1. The van der Waals surface area contributed by atoms with Crippen molar-refractivity contribution in [1.82, 2.24) is 20.5 Å². The monoisotopic (exact) mass is 356 g/mol. The van der Waals surface area contributed by atoms with Crippen molar-refractivity contribution in [1.29, 1.82) is 0 Å². The molecule has 0 atom stereocenters. The fraction of sp³-hybridized carbons (Fsp3) is 0.368. The van der Waals surface area contributed by atoms with Gasteiger partial charge >= 0.3 is 0 Å². The van der Waals surface area contributed by atoms with E-state index in [2.05, 4.69) is 27.1 Å². The first-order chi connectivity index (χ1) is 12.5. The maximum Gasteiger partial charge on any atom is 0.273 e. The van der Waals surface area contributed by atoms with Crippen LogP contribution in [0.1, 0.15) is 32.4 Å². The molecular formula is C19H24N4O3. The van der Waals surface area contributed by atoms with Crippen molar-refractivity contribution in [3.63, 3.8) is 0 Å². The molecular weight excluding hydrogens is 332 g/mol. The highest BCUT2D eigenvalue weighted by molar-refractivity contribution is 5.76. The van der Waals surface area contributed by atoms with E-state index in [0.29, 0.717) is 23.7 Å². The van der Waals surface area contributed by atoms with Gasteiger partial charge in [-0.1, -0.05) is 18.2 Å². The van der Waals surface area contributed by atoms with Crippen molar-refractivity contribution in [3.05, 3.63) is 53.0 Å². The third-order valence-corrected chi connectivity index (χ3v) is 3.50. The number of carbonyl (C=O) groups is 1. The number of hydrogen-bond acceptors (Lipinski definition) is 5. The Bertz CT molecular complexity index is 814. The first-order valence-electron chi connectivity index (χ1n) is 8.59. The Morgan fingerprint density at radius 1 is 1.38 bits per heavy atom. The zero-order chi connectivity index (χ0) is 18.9. The molecule has 0 bridgehead atoms. The van der Waals surface area contributed by atoms with Crippen LogP contribution in [0.5, 0.6) is 5.75 Å². The third-order valence-electron chi connectivity index (χ3n) is 3.50. The molecule has 7 nitrogen and oxygen atoms in total. The van der Waals surface area contributed by atoms with Gasteiger partial charge < -0.3 is 15.0 Å². The fourth-order valence-corrected chi connectivity index (χ4v) is 2.27. The Morgan fingerprint density at radius 2 is 2.19 bits per heavy atom. The second-order valence-electron chi connectivity index (χ2n) is 6.13. The quantitative estimate of drug-likeness (QED) is 0.530. The van der Waals surface area contributed by atoms with Gasteiger partial charge in [-0.3, -0.25) is 9.59 Å².